The number of hydrogen-bond donors (Lipinski definition) is 0. The van der Waals surface area contributed by atoms with Crippen molar-refractivity contribution in [2.45, 2.75) is 0 Å². The highest BCUT2D eigenvalue weighted by Gasteiger charge is 2.32. The fraction of sp³-hybridized carbons (Fsp3) is 0. The molecule has 0 bridgehead atoms. The molecule has 5 heteroatoms. The van der Waals surface area contributed by atoms with E-state index in [4.69, 9.17) is 0 Å². The van der Waals surface area contributed by atoms with Crippen LogP contribution in [0.1, 0.15) is 0 Å². The molecular weight excluding hydrogens is 536 g/mol. The zero-order chi connectivity index (χ0) is 27.7. The van der Waals surface area contributed by atoms with E-state index in [-0.39, 0.29) is 0 Å². The molecule has 0 unspecified atom stereocenters. The van der Waals surface area contributed by atoms with Gasteiger partial charge < -0.3 is 4.44 Å². The molecule has 0 aliphatic rings. The highest BCUT2D eigenvalue weighted by atomic mass is 31.2. The Morgan fingerprint density at radius 2 is 0.610 bits per heavy atom. The van der Waals surface area contributed by atoms with Crippen LogP contribution in [0.4, 0.5) is 17.1 Å². The number of rotatable bonds is 9. The number of azo groups is 1. The third kappa shape index (κ3) is 6.50. The second kappa shape index (κ2) is 13.3. The lowest BCUT2D eigenvalue weighted by Gasteiger charge is -2.40. The van der Waals surface area contributed by atoms with E-state index in [1.54, 1.807) is 0 Å². The van der Waals surface area contributed by atoms with Gasteiger partial charge in [-0.2, -0.15) is 10.2 Å². The molecule has 0 aromatic heterocycles. The van der Waals surface area contributed by atoms with Gasteiger partial charge in [-0.05, 0) is 36.4 Å². The predicted octanol–water partition coefficient (Wildman–Crippen LogP) is 9.00. The fourth-order valence-electron chi connectivity index (χ4n) is 4.60. The minimum atomic E-state index is -0.923. The van der Waals surface area contributed by atoms with E-state index >= 15 is 0 Å². The van der Waals surface area contributed by atoms with Gasteiger partial charge in [0, 0.05) is 26.9 Å². The lowest BCUT2D eigenvalue weighted by Crippen LogP contribution is -2.31. The van der Waals surface area contributed by atoms with Crippen LogP contribution in [-0.4, -0.2) is 0 Å². The Labute approximate surface area is 244 Å². The normalized spacial score (nSPS) is 11.3. The maximum absolute atomic E-state index is 4.52. The molecule has 0 saturated heterocycles. The first-order valence-corrected chi connectivity index (χ1v) is 16.1. The summed E-state index contributed by atoms with van der Waals surface area (Å²) >= 11 is 0. The quantitative estimate of drug-likeness (QED) is 0.127. The van der Waals surface area contributed by atoms with E-state index < -0.39 is 16.1 Å². The van der Waals surface area contributed by atoms with Gasteiger partial charge in [-0.25, -0.2) is 0 Å². The summed E-state index contributed by atoms with van der Waals surface area (Å²) in [4.78, 5) is 0. The molecule has 0 spiro atoms. The Morgan fingerprint density at radius 3 is 0.951 bits per heavy atom. The van der Waals surface area contributed by atoms with Gasteiger partial charge in [-0.15, -0.1) is 0 Å². The molecule has 0 amide bonds. The van der Waals surface area contributed by atoms with Crippen LogP contribution in [0.3, 0.4) is 0 Å². The van der Waals surface area contributed by atoms with Gasteiger partial charge in [-0.1, -0.05) is 140 Å². The smallest absolute Gasteiger partial charge is 0.0858 e. The van der Waals surface area contributed by atoms with E-state index in [9.17, 15) is 0 Å². The minimum Gasteiger partial charge on any atom is -0.313 e. The molecule has 0 saturated carbocycles. The molecule has 0 atom stereocenters. The van der Waals surface area contributed by atoms with Crippen molar-refractivity contribution < 1.29 is 0 Å². The van der Waals surface area contributed by atoms with Crippen molar-refractivity contribution in [3.05, 3.63) is 176 Å². The van der Waals surface area contributed by atoms with Gasteiger partial charge in [-0.3, -0.25) is 0 Å². The van der Waals surface area contributed by atoms with E-state index in [1.807, 2.05) is 30.3 Å². The van der Waals surface area contributed by atoms with Crippen molar-refractivity contribution in [2.24, 2.45) is 10.2 Å². The topological polar surface area (TPSA) is 28.0 Å². The van der Waals surface area contributed by atoms with Crippen LogP contribution in [0.25, 0.3) is 0 Å². The standard InChI is InChI=1S/C36H29N3P2/c1-6-16-30(17-7-1)37-38-31-26-28-32(29-27-31)39(40(33-18-8-2-9-19-33)34-20-10-3-11-21-34)41(35-22-12-4-13-23-35)36-24-14-5-15-25-36/h1-29H/b38-37+. The summed E-state index contributed by atoms with van der Waals surface area (Å²) in [6.45, 7) is 0. The van der Waals surface area contributed by atoms with Crippen molar-refractivity contribution in [3.8, 4) is 0 Å². The van der Waals surface area contributed by atoms with E-state index in [0.717, 1.165) is 17.1 Å². The molecule has 0 N–H and O–H groups in total. The Balaban J connectivity index is 1.52. The Bertz CT molecular complexity index is 1500. The van der Waals surface area contributed by atoms with E-state index in [2.05, 4.69) is 160 Å². The molecule has 6 rings (SSSR count). The molecule has 0 aliphatic heterocycles. The summed E-state index contributed by atoms with van der Waals surface area (Å²) in [5.74, 6) is 0. The number of anilines is 1. The highest BCUT2D eigenvalue weighted by molar-refractivity contribution is 7.90. The second-order valence-corrected chi connectivity index (χ2v) is 13.7. The average Bonchev–Trinajstić information content (AvgIpc) is 3.06. The first kappa shape index (κ1) is 26.8. The van der Waals surface area contributed by atoms with Crippen LogP contribution < -0.4 is 25.7 Å². The number of benzene rings is 6. The Morgan fingerprint density at radius 1 is 0.317 bits per heavy atom. The zero-order valence-corrected chi connectivity index (χ0v) is 24.3. The Kier molecular flexibility index (Phi) is 8.68. The summed E-state index contributed by atoms with van der Waals surface area (Å²) in [6, 6.07) is 62.0. The maximum atomic E-state index is 4.52. The fourth-order valence-corrected chi connectivity index (χ4v) is 10.6. The van der Waals surface area contributed by atoms with E-state index in [0.29, 0.717) is 0 Å². The molecule has 198 valence electrons. The van der Waals surface area contributed by atoms with Crippen LogP contribution in [-0.2, 0) is 0 Å². The molecule has 41 heavy (non-hydrogen) atoms. The summed E-state index contributed by atoms with van der Waals surface area (Å²) in [6.07, 6.45) is 0. The van der Waals surface area contributed by atoms with Crippen LogP contribution in [0.5, 0.6) is 0 Å². The summed E-state index contributed by atoms with van der Waals surface area (Å²) in [5.41, 5.74) is 2.82. The summed E-state index contributed by atoms with van der Waals surface area (Å²) < 4.78 is 2.66. The molecule has 6 aromatic rings. The molecule has 0 fully saturated rings. The first-order chi connectivity index (χ1) is 20.4. The molecule has 6 aromatic carbocycles. The van der Waals surface area contributed by atoms with Crippen molar-refractivity contribution >= 4 is 54.4 Å². The van der Waals surface area contributed by atoms with Gasteiger partial charge >= 0.3 is 0 Å². The zero-order valence-electron chi connectivity index (χ0n) is 22.5. The molecule has 0 radical (unpaired) electrons. The largest absolute Gasteiger partial charge is 0.313 e. The Hall–Kier alpha value is -4.42. The average molecular weight is 566 g/mol. The van der Waals surface area contributed by atoms with Gasteiger partial charge in [0.2, 0.25) is 0 Å². The molecule has 0 aliphatic carbocycles. The SMILES string of the molecule is c1ccc(/N=N/c2ccc(N(P(c3ccccc3)c3ccccc3)P(c3ccccc3)c3ccccc3)cc2)cc1. The molecular formula is C36H29N3P2. The number of nitrogens with zero attached hydrogens (tertiary/aromatic N) is 3. The maximum Gasteiger partial charge on any atom is 0.0858 e. The van der Waals surface area contributed by atoms with Crippen LogP contribution in [0.15, 0.2) is 186 Å². The van der Waals surface area contributed by atoms with E-state index in [1.165, 1.54) is 21.2 Å². The predicted molar refractivity (Wildman–Crippen MR) is 178 cm³/mol. The summed E-state index contributed by atoms with van der Waals surface area (Å²) in [7, 11) is -1.85. The summed E-state index contributed by atoms with van der Waals surface area (Å²) in [5, 5.41) is 14.2. The lowest BCUT2D eigenvalue weighted by molar-refractivity contribution is 1.23. The van der Waals surface area contributed by atoms with Crippen LogP contribution in [0.2, 0.25) is 0 Å². The van der Waals surface area contributed by atoms with Crippen LogP contribution in [0, 0.1) is 0 Å². The first-order valence-electron chi connectivity index (χ1n) is 13.5. The third-order valence-corrected chi connectivity index (χ3v) is 11.9. The van der Waals surface area contributed by atoms with Gasteiger partial charge in [0.1, 0.15) is 0 Å². The van der Waals surface area contributed by atoms with Crippen molar-refractivity contribution in [1.82, 2.24) is 0 Å². The monoisotopic (exact) mass is 565 g/mol. The molecule has 0 heterocycles. The highest BCUT2D eigenvalue weighted by Crippen LogP contribution is 2.57. The number of hydrogen-bond acceptors (Lipinski definition) is 3. The third-order valence-electron chi connectivity index (χ3n) is 6.50. The van der Waals surface area contributed by atoms with Crippen LogP contribution >= 0.6 is 16.1 Å². The second-order valence-electron chi connectivity index (χ2n) is 9.31. The van der Waals surface area contributed by atoms with Crippen molar-refractivity contribution in [3.63, 3.8) is 0 Å². The van der Waals surface area contributed by atoms with Crippen molar-refractivity contribution in [1.29, 1.82) is 0 Å². The molecule has 3 nitrogen and oxygen atoms in total. The van der Waals surface area contributed by atoms with Gasteiger partial charge in [0.15, 0.2) is 0 Å². The van der Waals surface area contributed by atoms with Crippen molar-refractivity contribution in [2.75, 3.05) is 4.44 Å². The minimum absolute atomic E-state index is 0.824. The van der Waals surface area contributed by atoms with Gasteiger partial charge in [0.05, 0.1) is 27.5 Å². The lowest BCUT2D eigenvalue weighted by atomic mass is 10.3. The van der Waals surface area contributed by atoms with Gasteiger partial charge in [0.25, 0.3) is 0 Å².